The molecule has 21 heavy (non-hydrogen) atoms. The number of pyridine rings is 1. The number of hydrazine groups is 1. The molecular formula is C15H19N5S. The molecule has 0 aliphatic rings. The summed E-state index contributed by atoms with van der Waals surface area (Å²) in [5.41, 5.74) is 7.31. The van der Waals surface area contributed by atoms with Crippen molar-refractivity contribution in [3.63, 3.8) is 0 Å². The Morgan fingerprint density at radius 1 is 1.43 bits per heavy atom. The van der Waals surface area contributed by atoms with Gasteiger partial charge in [0.05, 0.1) is 22.0 Å². The maximum absolute atomic E-state index is 5.76. The minimum atomic E-state index is 0.0316. The maximum Gasteiger partial charge on any atom is 0.0809 e. The van der Waals surface area contributed by atoms with Crippen molar-refractivity contribution in [2.75, 3.05) is 0 Å². The molecular weight excluding hydrogens is 282 g/mol. The van der Waals surface area contributed by atoms with Gasteiger partial charge in [0.25, 0.3) is 0 Å². The number of hydrogen-bond acceptors (Lipinski definition) is 5. The molecule has 0 aliphatic carbocycles. The normalized spacial score (nSPS) is 12.9. The lowest BCUT2D eigenvalue weighted by atomic mass is 10.0. The quantitative estimate of drug-likeness (QED) is 0.560. The van der Waals surface area contributed by atoms with Crippen molar-refractivity contribution in [3.8, 4) is 0 Å². The second kappa shape index (κ2) is 5.93. The second-order valence-electron chi connectivity index (χ2n) is 5.10. The number of fused-ring (bicyclic) bond motifs is 1. The number of nitrogens with one attached hydrogen (secondary N) is 1. The first-order chi connectivity index (χ1) is 10.2. The van der Waals surface area contributed by atoms with E-state index in [2.05, 4.69) is 39.9 Å². The van der Waals surface area contributed by atoms with Gasteiger partial charge in [-0.2, -0.15) is 5.10 Å². The lowest BCUT2D eigenvalue weighted by Crippen LogP contribution is -2.30. The highest BCUT2D eigenvalue weighted by Gasteiger charge is 2.15. The minimum absolute atomic E-state index is 0.0316. The zero-order valence-electron chi connectivity index (χ0n) is 12.2. The lowest BCUT2D eigenvalue weighted by molar-refractivity contribution is 0.529. The fourth-order valence-electron chi connectivity index (χ4n) is 2.47. The van der Waals surface area contributed by atoms with Gasteiger partial charge < -0.3 is 0 Å². The van der Waals surface area contributed by atoms with Crippen molar-refractivity contribution in [3.05, 3.63) is 46.7 Å². The van der Waals surface area contributed by atoms with Gasteiger partial charge in [0, 0.05) is 25.4 Å². The van der Waals surface area contributed by atoms with Crippen molar-refractivity contribution in [2.24, 2.45) is 12.9 Å². The molecule has 1 unspecified atom stereocenters. The van der Waals surface area contributed by atoms with E-state index in [1.54, 1.807) is 11.3 Å². The molecule has 5 nitrogen and oxygen atoms in total. The van der Waals surface area contributed by atoms with E-state index in [1.807, 2.05) is 24.0 Å². The molecule has 3 aromatic rings. The topological polar surface area (TPSA) is 68.8 Å². The molecule has 0 radical (unpaired) electrons. The van der Waals surface area contributed by atoms with Crippen LogP contribution >= 0.6 is 11.3 Å². The van der Waals surface area contributed by atoms with E-state index < -0.39 is 0 Å². The molecule has 6 heteroatoms. The summed E-state index contributed by atoms with van der Waals surface area (Å²) in [6.45, 7) is 2.11. The molecule has 0 bridgehead atoms. The number of nitrogens with two attached hydrogens (primary N) is 1. The van der Waals surface area contributed by atoms with Crippen LogP contribution in [-0.4, -0.2) is 14.8 Å². The standard InChI is InChI=1S/C15H19N5S/c1-3-11-7-12(20(2)19-11)8-14(18-16)10-6-15-13(17-9-10)4-5-21-15/h4-7,9,14,18H,3,8,16H2,1-2H3. The lowest BCUT2D eigenvalue weighted by Gasteiger charge is -2.16. The Bertz CT molecular complexity index is 745. The van der Waals surface area contributed by atoms with Gasteiger partial charge in [-0.05, 0) is 35.6 Å². The maximum atomic E-state index is 5.76. The first-order valence-electron chi connectivity index (χ1n) is 7.02. The van der Waals surface area contributed by atoms with Crippen LogP contribution < -0.4 is 11.3 Å². The van der Waals surface area contributed by atoms with Crippen LogP contribution in [0, 0.1) is 0 Å². The van der Waals surface area contributed by atoms with E-state index in [4.69, 9.17) is 5.84 Å². The van der Waals surface area contributed by atoms with E-state index in [9.17, 15) is 0 Å². The average molecular weight is 301 g/mol. The van der Waals surface area contributed by atoms with Gasteiger partial charge >= 0.3 is 0 Å². The Hall–Kier alpha value is -1.76. The summed E-state index contributed by atoms with van der Waals surface area (Å²) in [7, 11) is 1.97. The summed E-state index contributed by atoms with van der Waals surface area (Å²) in [4.78, 5) is 4.49. The van der Waals surface area contributed by atoms with Crippen LogP contribution in [0.4, 0.5) is 0 Å². The zero-order chi connectivity index (χ0) is 14.8. The molecule has 3 aromatic heterocycles. The molecule has 3 heterocycles. The molecule has 3 N–H and O–H groups in total. The smallest absolute Gasteiger partial charge is 0.0809 e. The number of aromatic nitrogens is 3. The molecule has 0 saturated heterocycles. The molecule has 3 rings (SSSR count). The molecule has 0 fully saturated rings. The van der Waals surface area contributed by atoms with Crippen LogP contribution in [0.3, 0.4) is 0 Å². The van der Waals surface area contributed by atoms with E-state index in [0.717, 1.165) is 29.6 Å². The molecule has 0 aromatic carbocycles. The Kier molecular flexibility index (Phi) is 4.01. The van der Waals surface area contributed by atoms with Gasteiger partial charge in [-0.15, -0.1) is 11.3 Å². The molecule has 0 saturated carbocycles. The van der Waals surface area contributed by atoms with Crippen LogP contribution in [0.1, 0.15) is 29.9 Å². The Labute approximate surface area is 127 Å². The first-order valence-corrected chi connectivity index (χ1v) is 7.90. The van der Waals surface area contributed by atoms with E-state index in [-0.39, 0.29) is 6.04 Å². The van der Waals surface area contributed by atoms with Gasteiger partial charge in [-0.25, -0.2) is 0 Å². The molecule has 0 aliphatic heterocycles. The summed E-state index contributed by atoms with van der Waals surface area (Å²) < 4.78 is 3.12. The monoisotopic (exact) mass is 301 g/mol. The zero-order valence-corrected chi connectivity index (χ0v) is 13.0. The van der Waals surface area contributed by atoms with Gasteiger partial charge in [-0.1, -0.05) is 6.92 Å². The second-order valence-corrected chi connectivity index (χ2v) is 6.05. The third-order valence-corrected chi connectivity index (χ3v) is 4.58. The van der Waals surface area contributed by atoms with Crippen LogP contribution in [-0.2, 0) is 19.9 Å². The average Bonchev–Trinajstić information content (AvgIpc) is 3.10. The predicted octanol–water partition coefficient (Wildman–Crippen LogP) is 2.34. The molecule has 110 valence electrons. The first kappa shape index (κ1) is 14.2. The summed E-state index contributed by atoms with van der Waals surface area (Å²) in [5, 5.41) is 6.54. The molecule has 1 atom stereocenters. The van der Waals surface area contributed by atoms with Crippen molar-refractivity contribution in [1.29, 1.82) is 0 Å². The van der Waals surface area contributed by atoms with Crippen LogP contribution in [0.2, 0.25) is 0 Å². The van der Waals surface area contributed by atoms with Gasteiger partial charge in [0.2, 0.25) is 0 Å². The number of rotatable bonds is 5. The Morgan fingerprint density at radius 3 is 3.00 bits per heavy atom. The number of aryl methyl sites for hydroxylation is 2. The van der Waals surface area contributed by atoms with Gasteiger partial charge in [0.1, 0.15) is 0 Å². The highest BCUT2D eigenvalue weighted by molar-refractivity contribution is 7.17. The third-order valence-electron chi connectivity index (χ3n) is 3.73. The highest BCUT2D eigenvalue weighted by Crippen LogP contribution is 2.24. The van der Waals surface area contributed by atoms with Crippen LogP contribution in [0.15, 0.2) is 29.8 Å². The molecule has 0 spiro atoms. The minimum Gasteiger partial charge on any atom is -0.272 e. The van der Waals surface area contributed by atoms with Crippen molar-refractivity contribution in [2.45, 2.75) is 25.8 Å². The van der Waals surface area contributed by atoms with Crippen LogP contribution in [0.5, 0.6) is 0 Å². The van der Waals surface area contributed by atoms with Gasteiger partial charge in [0.15, 0.2) is 0 Å². The van der Waals surface area contributed by atoms with Crippen LogP contribution in [0.25, 0.3) is 10.2 Å². The highest BCUT2D eigenvalue weighted by atomic mass is 32.1. The number of hydrogen-bond donors (Lipinski definition) is 2. The van der Waals surface area contributed by atoms with E-state index in [1.165, 1.54) is 10.4 Å². The number of nitrogens with zero attached hydrogens (tertiary/aromatic N) is 3. The molecule has 0 amide bonds. The summed E-state index contributed by atoms with van der Waals surface area (Å²) in [6, 6.07) is 6.36. The summed E-state index contributed by atoms with van der Waals surface area (Å²) in [6.07, 6.45) is 3.63. The van der Waals surface area contributed by atoms with Crippen molar-refractivity contribution < 1.29 is 0 Å². The van der Waals surface area contributed by atoms with E-state index in [0.29, 0.717) is 0 Å². The third kappa shape index (κ3) is 2.83. The Morgan fingerprint density at radius 2 is 2.29 bits per heavy atom. The fourth-order valence-corrected chi connectivity index (χ4v) is 3.26. The van der Waals surface area contributed by atoms with Crippen molar-refractivity contribution in [1.82, 2.24) is 20.2 Å². The SMILES string of the molecule is CCc1cc(CC(NN)c2cnc3ccsc3c2)n(C)n1. The summed E-state index contributed by atoms with van der Waals surface area (Å²) in [5.74, 6) is 5.76. The Balaban J connectivity index is 1.88. The largest absolute Gasteiger partial charge is 0.272 e. The fraction of sp³-hybridized carbons (Fsp3) is 0.333. The van der Waals surface area contributed by atoms with E-state index >= 15 is 0 Å². The predicted molar refractivity (Wildman–Crippen MR) is 86.0 cm³/mol. The summed E-state index contributed by atoms with van der Waals surface area (Å²) >= 11 is 1.70. The van der Waals surface area contributed by atoms with Crippen molar-refractivity contribution >= 4 is 21.6 Å². The van der Waals surface area contributed by atoms with Gasteiger partial charge in [-0.3, -0.25) is 20.9 Å². The number of thiophene rings is 1.